The van der Waals surface area contributed by atoms with Crippen molar-refractivity contribution in [1.82, 2.24) is 0 Å². The normalized spacial score (nSPS) is 19.8. The first kappa shape index (κ1) is 11.7. The Morgan fingerprint density at radius 1 is 1.67 bits per heavy atom. The molecule has 0 amide bonds. The highest BCUT2D eigenvalue weighted by Crippen LogP contribution is 2.37. The van der Waals surface area contributed by atoms with Gasteiger partial charge in [-0.25, -0.2) is 0 Å². The van der Waals surface area contributed by atoms with E-state index >= 15 is 0 Å². The van der Waals surface area contributed by atoms with Crippen LogP contribution in [0.4, 0.5) is 0 Å². The Balaban J connectivity index is 4.57. The van der Waals surface area contributed by atoms with Crippen molar-refractivity contribution in [3.05, 3.63) is 0 Å². The first-order valence-electron chi connectivity index (χ1n) is 3.12. The topological polar surface area (TPSA) is 121 Å². The molecule has 0 aromatic rings. The molecule has 0 aliphatic carbocycles. The fourth-order valence-corrected chi connectivity index (χ4v) is 1.60. The zero-order chi connectivity index (χ0) is 9.99. The van der Waals surface area contributed by atoms with Crippen LogP contribution < -0.4 is 5.73 Å². The average molecular weight is 196 g/mol. The van der Waals surface area contributed by atoms with Crippen molar-refractivity contribution in [2.45, 2.75) is 18.6 Å². The second kappa shape index (κ2) is 3.64. The van der Waals surface area contributed by atoms with E-state index in [0.717, 1.165) is 0 Å². The lowest BCUT2D eigenvalue weighted by molar-refractivity contribution is 0.142. The Labute approximate surface area is 69.5 Å². The fourth-order valence-electron chi connectivity index (χ4n) is 0.590. The molecule has 2 atom stereocenters. The predicted molar refractivity (Wildman–Crippen MR) is 41.2 cm³/mol. The van der Waals surface area contributed by atoms with Gasteiger partial charge in [-0.2, -0.15) is 0 Å². The molecule has 0 aliphatic heterocycles. The quantitative estimate of drug-likeness (QED) is 0.400. The highest BCUT2D eigenvalue weighted by Gasteiger charge is 2.38. The maximum Gasteiger partial charge on any atom is 0.327 e. The Bertz CT molecular complexity index is 212. The van der Waals surface area contributed by atoms with Crippen LogP contribution in [0.3, 0.4) is 0 Å². The summed E-state index contributed by atoms with van der Waals surface area (Å²) in [5.74, 6) is 0. The van der Waals surface area contributed by atoms with Crippen molar-refractivity contribution >= 4 is 13.9 Å². The van der Waals surface area contributed by atoms with Crippen LogP contribution in [0.2, 0.25) is 0 Å². The summed E-state index contributed by atoms with van der Waals surface area (Å²) >= 11 is 0. The molecule has 0 bridgehead atoms. The average Bonchev–Trinajstić information content (AvgIpc) is 1.83. The maximum atomic E-state index is 10.4. The number of aliphatic hydroxyl groups is 1. The van der Waals surface area contributed by atoms with Gasteiger partial charge >= 0.3 is 7.60 Å². The molecule has 0 aromatic carbocycles. The number of hydrogen-bond donors (Lipinski definition) is 4. The molecule has 7 heteroatoms. The van der Waals surface area contributed by atoms with Crippen LogP contribution in [0.25, 0.3) is 0 Å². The van der Waals surface area contributed by atoms with Gasteiger partial charge in [0.2, 0.25) is 6.29 Å². The highest BCUT2D eigenvalue weighted by molar-refractivity contribution is 7.51. The van der Waals surface area contributed by atoms with E-state index < -0.39 is 25.4 Å². The summed E-state index contributed by atoms with van der Waals surface area (Å²) in [6.45, 7) is 1.17. The molecule has 0 aliphatic rings. The smallest absolute Gasteiger partial charge is 0.327 e. The van der Waals surface area contributed by atoms with E-state index in [1.165, 1.54) is 13.2 Å². The van der Waals surface area contributed by atoms with Gasteiger partial charge in [-0.15, -0.1) is 0 Å². The maximum absolute atomic E-state index is 10.4. The van der Waals surface area contributed by atoms with Gasteiger partial charge in [0.25, 0.3) is 0 Å². The van der Waals surface area contributed by atoms with Crippen LogP contribution in [-0.2, 0) is 9.36 Å². The summed E-state index contributed by atoms with van der Waals surface area (Å²) in [5, 5.41) is 8.90. The molecule has 0 unspecified atom stereocenters. The minimum Gasteiger partial charge on any atom is -0.391 e. The summed E-state index contributed by atoms with van der Waals surface area (Å²) in [7, 11) is -4.41. The Morgan fingerprint density at radius 2 is 2.08 bits per heavy atom. The molecular weight excluding hydrogens is 185 g/mol. The predicted octanol–water partition coefficient (Wildman–Crippen LogP) is -1.65. The van der Waals surface area contributed by atoms with Gasteiger partial charge in [0.1, 0.15) is 5.54 Å². The third kappa shape index (κ3) is 3.42. The molecule has 71 valence electrons. The van der Waals surface area contributed by atoms with Crippen molar-refractivity contribution < 1.29 is 24.3 Å². The molecule has 0 spiro atoms. The molecule has 1 radical (unpaired) electrons. The van der Waals surface area contributed by atoms with Crippen LogP contribution in [0.1, 0.15) is 6.92 Å². The van der Waals surface area contributed by atoms with E-state index in [4.69, 9.17) is 20.6 Å². The molecule has 0 saturated heterocycles. The van der Waals surface area contributed by atoms with Gasteiger partial charge < -0.3 is 20.6 Å². The van der Waals surface area contributed by atoms with Crippen molar-refractivity contribution in [2.75, 3.05) is 6.16 Å². The van der Waals surface area contributed by atoms with Gasteiger partial charge in [-0.05, 0) is 6.92 Å². The van der Waals surface area contributed by atoms with E-state index in [0.29, 0.717) is 0 Å². The molecule has 0 aromatic heterocycles. The molecule has 0 saturated carbocycles. The van der Waals surface area contributed by atoms with Gasteiger partial charge in [0.15, 0.2) is 0 Å². The van der Waals surface area contributed by atoms with Crippen molar-refractivity contribution in [1.29, 1.82) is 0 Å². The van der Waals surface area contributed by atoms with Crippen LogP contribution in [-0.4, -0.2) is 39.0 Å². The van der Waals surface area contributed by atoms with Crippen LogP contribution in [0, 0.1) is 0 Å². The van der Waals surface area contributed by atoms with Crippen LogP contribution >= 0.6 is 7.60 Å². The zero-order valence-corrected chi connectivity index (χ0v) is 7.36. The summed E-state index contributed by atoms with van der Waals surface area (Å²) in [6, 6.07) is 0. The summed E-state index contributed by atoms with van der Waals surface area (Å²) in [4.78, 5) is 27.1. The van der Waals surface area contributed by atoms with Crippen LogP contribution in [0.15, 0.2) is 0 Å². The minimum atomic E-state index is -4.41. The van der Waals surface area contributed by atoms with E-state index in [9.17, 15) is 9.36 Å². The number of carbonyl (C=O) groups excluding carboxylic acids is 1. The second-order valence-electron chi connectivity index (χ2n) is 2.64. The first-order valence-corrected chi connectivity index (χ1v) is 4.92. The van der Waals surface area contributed by atoms with E-state index in [1.807, 2.05) is 0 Å². The number of nitrogens with two attached hydrogens (primary N) is 1. The third-order valence-corrected chi connectivity index (χ3v) is 2.34. The number of hydrogen-bond acceptors (Lipinski definition) is 4. The Kier molecular flexibility index (Phi) is 3.56. The highest BCUT2D eigenvalue weighted by atomic mass is 31.2. The second-order valence-corrected chi connectivity index (χ2v) is 4.29. The first-order chi connectivity index (χ1) is 5.21. The number of rotatable bonds is 4. The lowest BCUT2D eigenvalue weighted by Crippen LogP contribution is -2.54. The standard InChI is InChI=1S/C5H11NO5P/c1-4(8)5(6,2-7)3-12(9,10)11/h4,8H,3,6H2,1H3,(H2,9,10,11)/t4-,5+/m1/s1. The van der Waals surface area contributed by atoms with Gasteiger partial charge in [-0.1, -0.05) is 0 Å². The number of aliphatic hydroxyl groups excluding tert-OH is 1. The summed E-state index contributed by atoms with van der Waals surface area (Å²) in [6.07, 6.45) is -1.03. The fraction of sp³-hybridized carbons (Fsp3) is 0.800. The SMILES string of the molecule is C[C@@H](O)[C@](N)([C]=O)CP(=O)(O)O. The lowest BCUT2D eigenvalue weighted by Gasteiger charge is -2.25. The van der Waals surface area contributed by atoms with Crippen molar-refractivity contribution in [3.8, 4) is 0 Å². The van der Waals surface area contributed by atoms with E-state index in [2.05, 4.69) is 0 Å². The van der Waals surface area contributed by atoms with E-state index in [1.54, 1.807) is 0 Å². The Morgan fingerprint density at radius 3 is 2.17 bits per heavy atom. The lowest BCUT2D eigenvalue weighted by atomic mass is 10.00. The largest absolute Gasteiger partial charge is 0.391 e. The molecule has 0 fully saturated rings. The Hall–Kier alpha value is -0.260. The molecule has 0 heterocycles. The molecule has 0 rings (SSSR count). The van der Waals surface area contributed by atoms with Gasteiger partial charge in [-0.3, -0.25) is 9.36 Å². The monoisotopic (exact) mass is 196 g/mol. The van der Waals surface area contributed by atoms with Crippen molar-refractivity contribution in [3.63, 3.8) is 0 Å². The van der Waals surface area contributed by atoms with Crippen molar-refractivity contribution in [2.24, 2.45) is 5.73 Å². The summed E-state index contributed by atoms with van der Waals surface area (Å²) in [5.41, 5.74) is 3.17. The zero-order valence-electron chi connectivity index (χ0n) is 6.47. The van der Waals surface area contributed by atoms with Gasteiger partial charge in [0.05, 0.1) is 12.3 Å². The third-order valence-electron chi connectivity index (χ3n) is 1.40. The summed E-state index contributed by atoms with van der Waals surface area (Å²) < 4.78 is 10.4. The molecular formula is C5H11NO5P. The minimum absolute atomic E-state index is 0.902. The molecule has 6 nitrogen and oxygen atoms in total. The molecule has 5 N–H and O–H groups in total. The van der Waals surface area contributed by atoms with Crippen LogP contribution in [0.5, 0.6) is 0 Å². The van der Waals surface area contributed by atoms with E-state index in [-0.39, 0.29) is 0 Å². The molecule has 12 heavy (non-hydrogen) atoms. The van der Waals surface area contributed by atoms with Gasteiger partial charge in [0, 0.05) is 0 Å².